The Bertz CT molecular complexity index is 711. The molecule has 0 saturated carbocycles. The summed E-state index contributed by atoms with van der Waals surface area (Å²) in [5, 5.41) is 14.1. The van der Waals surface area contributed by atoms with Crippen molar-refractivity contribution in [2.24, 2.45) is 0 Å². The van der Waals surface area contributed by atoms with E-state index in [1.165, 1.54) is 4.90 Å². The maximum atomic E-state index is 12.2. The Kier molecular flexibility index (Phi) is 5.91. The van der Waals surface area contributed by atoms with Crippen molar-refractivity contribution in [1.29, 1.82) is 0 Å². The third-order valence-electron chi connectivity index (χ3n) is 4.21. The van der Waals surface area contributed by atoms with Crippen molar-refractivity contribution in [3.8, 4) is 0 Å². The summed E-state index contributed by atoms with van der Waals surface area (Å²) in [6, 6.07) is 16.9. The highest BCUT2D eigenvalue weighted by molar-refractivity contribution is 6.30. The Morgan fingerprint density at radius 2 is 1.92 bits per heavy atom. The number of benzene rings is 2. The van der Waals surface area contributed by atoms with E-state index in [-0.39, 0.29) is 19.2 Å². The molecule has 2 aromatic rings. The van der Waals surface area contributed by atoms with Crippen LogP contribution in [-0.2, 0) is 17.9 Å². The zero-order valence-electron chi connectivity index (χ0n) is 13.8. The second-order valence-corrected chi connectivity index (χ2v) is 6.57. The molecule has 2 N–H and O–H groups in total. The number of ether oxygens (including phenoxy) is 1. The molecule has 1 heterocycles. The number of β-amino-alcohol motifs (C(OH)–C–C–N with tert-alkyl or cyclic N) is 1. The lowest BCUT2D eigenvalue weighted by Gasteiger charge is -2.17. The third-order valence-corrected chi connectivity index (χ3v) is 4.44. The van der Waals surface area contributed by atoms with Crippen LogP contribution in [0, 0.1) is 0 Å². The van der Waals surface area contributed by atoms with Gasteiger partial charge in [0.1, 0.15) is 6.61 Å². The number of carbonyl (C=O) groups excluding carboxylic acids is 1. The van der Waals surface area contributed by atoms with E-state index >= 15 is 0 Å². The van der Waals surface area contributed by atoms with Gasteiger partial charge in [-0.1, -0.05) is 54.1 Å². The van der Waals surface area contributed by atoms with Gasteiger partial charge in [-0.2, -0.15) is 0 Å². The lowest BCUT2D eigenvalue weighted by atomic mass is 10.2. The molecule has 5 nitrogen and oxygen atoms in total. The number of hydrogen-bond donors (Lipinski definition) is 2. The highest BCUT2D eigenvalue weighted by Gasteiger charge is 2.34. The summed E-state index contributed by atoms with van der Waals surface area (Å²) in [7, 11) is 0. The summed E-state index contributed by atoms with van der Waals surface area (Å²) in [4.78, 5) is 13.7. The van der Waals surface area contributed by atoms with Crippen LogP contribution >= 0.6 is 11.6 Å². The first kappa shape index (κ1) is 17.7. The molecule has 0 bridgehead atoms. The first-order chi connectivity index (χ1) is 12.1. The largest absolute Gasteiger partial charge is 0.445 e. The molecule has 1 fully saturated rings. The molecule has 0 spiro atoms. The van der Waals surface area contributed by atoms with E-state index in [2.05, 4.69) is 5.32 Å². The Morgan fingerprint density at radius 1 is 1.16 bits per heavy atom. The molecule has 25 heavy (non-hydrogen) atoms. The quantitative estimate of drug-likeness (QED) is 0.860. The fourth-order valence-electron chi connectivity index (χ4n) is 2.84. The molecular weight excluding hydrogens is 340 g/mol. The number of nitrogens with one attached hydrogen (secondary N) is 1. The molecule has 1 aliphatic rings. The number of likely N-dealkylation sites (tertiary alicyclic amines) is 1. The van der Waals surface area contributed by atoms with Crippen molar-refractivity contribution in [2.75, 3.05) is 13.1 Å². The van der Waals surface area contributed by atoms with Crippen molar-refractivity contribution < 1.29 is 14.6 Å². The van der Waals surface area contributed by atoms with Gasteiger partial charge in [-0.3, -0.25) is 0 Å². The fraction of sp³-hybridized carbons (Fsp3) is 0.316. The molecule has 0 aromatic heterocycles. The van der Waals surface area contributed by atoms with Crippen molar-refractivity contribution in [2.45, 2.75) is 25.3 Å². The lowest BCUT2D eigenvalue weighted by molar-refractivity contribution is 0.0969. The first-order valence-electron chi connectivity index (χ1n) is 8.23. The van der Waals surface area contributed by atoms with Crippen LogP contribution in [0.25, 0.3) is 0 Å². The Balaban J connectivity index is 1.48. The summed E-state index contributed by atoms with van der Waals surface area (Å²) in [6.45, 7) is 1.48. The van der Waals surface area contributed by atoms with Gasteiger partial charge in [-0.25, -0.2) is 4.79 Å². The SMILES string of the molecule is O=C(OCc1ccccc1)N1C[C@H](NCc2cccc(Cl)c2)[C@@H](O)C1. The van der Waals surface area contributed by atoms with E-state index in [1.54, 1.807) is 0 Å². The average Bonchev–Trinajstić information content (AvgIpc) is 3.00. The van der Waals surface area contributed by atoms with Crippen LogP contribution in [0.1, 0.15) is 11.1 Å². The molecule has 132 valence electrons. The minimum Gasteiger partial charge on any atom is -0.445 e. The summed E-state index contributed by atoms with van der Waals surface area (Å²) in [5.74, 6) is 0. The molecule has 6 heteroatoms. The third kappa shape index (κ3) is 4.95. The van der Waals surface area contributed by atoms with E-state index in [4.69, 9.17) is 16.3 Å². The van der Waals surface area contributed by atoms with Crippen LogP contribution in [-0.4, -0.2) is 41.3 Å². The Morgan fingerprint density at radius 3 is 2.68 bits per heavy atom. The average molecular weight is 361 g/mol. The van der Waals surface area contributed by atoms with Gasteiger partial charge < -0.3 is 20.1 Å². The molecule has 3 rings (SSSR count). The van der Waals surface area contributed by atoms with Crippen LogP contribution in [0.2, 0.25) is 5.02 Å². The molecule has 1 amide bonds. The maximum Gasteiger partial charge on any atom is 0.410 e. The second-order valence-electron chi connectivity index (χ2n) is 6.13. The first-order valence-corrected chi connectivity index (χ1v) is 8.61. The minimum atomic E-state index is -0.622. The molecule has 1 saturated heterocycles. The van der Waals surface area contributed by atoms with Gasteiger partial charge in [0.05, 0.1) is 18.7 Å². The predicted molar refractivity (Wildman–Crippen MR) is 96.3 cm³/mol. The standard InChI is InChI=1S/C19H21ClN2O3/c20-16-8-4-7-15(9-16)10-21-17-11-22(12-18(17)23)19(24)25-13-14-5-2-1-3-6-14/h1-9,17-18,21,23H,10-13H2/t17-,18-/m0/s1. The molecular formula is C19H21ClN2O3. The highest BCUT2D eigenvalue weighted by Crippen LogP contribution is 2.15. The number of aliphatic hydroxyl groups is 1. The van der Waals surface area contributed by atoms with Crippen LogP contribution in [0.5, 0.6) is 0 Å². The van der Waals surface area contributed by atoms with Crippen molar-refractivity contribution in [1.82, 2.24) is 10.2 Å². The number of nitrogens with zero attached hydrogens (tertiary/aromatic N) is 1. The van der Waals surface area contributed by atoms with Gasteiger partial charge in [0.2, 0.25) is 0 Å². The van der Waals surface area contributed by atoms with Gasteiger partial charge in [0.15, 0.2) is 0 Å². The van der Waals surface area contributed by atoms with Crippen molar-refractivity contribution in [3.05, 3.63) is 70.7 Å². The molecule has 0 unspecified atom stereocenters. The molecule has 1 aliphatic heterocycles. The summed E-state index contributed by atoms with van der Waals surface area (Å²) in [6.07, 6.45) is -1.03. The van der Waals surface area contributed by atoms with Gasteiger partial charge in [0, 0.05) is 18.1 Å². The van der Waals surface area contributed by atoms with E-state index < -0.39 is 12.2 Å². The predicted octanol–water partition coefficient (Wildman–Crippen LogP) is 2.81. The number of rotatable bonds is 5. The van der Waals surface area contributed by atoms with Gasteiger partial charge in [-0.15, -0.1) is 0 Å². The van der Waals surface area contributed by atoms with E-state index in [0.29, 0.717) is 18.1 Å². The summed E-state index contributed by atoms with van der Waals surface area (Å²) in [5.41, 5.74) is 1.97. The minimum absolute atomic E-state index is 0.191. The van der Waals surface area contributed by atoms with Gasteiger partial charge >= 0.3 is 6.09 Å². The van der Waals surface area contributed by atoms with Crippen LogP contribution in [0.4, 0.5) is 4.79 Å². The van der Waals surface area contributed by atoms with Crippen LogP contribution < -0.4 is 5.32 Å². The maximum absolute atomic E-state index is 12.2. The molecule has 0 aliphatic carbocycles. The van der Waals surface area contributed by atoms with Gasteiger partial charge in [-0.05, 0) is 23.3 Å². The number of amides is 1. The van der Waals surface area contributed by atoms with Crippen LogP contribution in [0.15, 0.2) is 54.6 Å². The number of halogens is 1. The topological polar surface area (TPSA) is 61.8 Å². The lowest BCUT2D eigenvalue weighted by Crippen LogP contribution is -2.39. The Labute approximate surface area is 152 Å². The Hall–Kier alpha value is -2.08. The van der Waals surface area contributed by atoms with E-state index in [9.17, 15) is 9.90 Å². The normalized spacial score (nSPS) is 19.8. The number of hydrogen-bond acceptors (Lipinski definition) is 4. The van der Waals surface area contributed by atoms with E-state index in [0.717, 1.165) is 11.1 Å². The smallest absolute Gasteiger partial charge is 0.410 e. The van der Waals surface area contributed by atoms with Gasteiger partial charge in [0.25, 0.3) is 0 Å². The second kappa shape index (κ2) is 8.34. The molecule has 2 atom stereocenters. The molecule has 2 aromatic carbocycles. The van der Waals surface area contributed by atoms with E-state index in [1.807, 2.05) is 54.6 Å². The number of carbonyl (C=O) groups is 1. The zero-order chi connectivity index (χ0) is 17.6. The van der Waals surface area contributed by atoms with Crippen molar-refractivity contribution >= 4 is 17.7 Å². The molecule has 0 radical (unpaired) electrons. The van der Waals surface area contributed by atoms with Crippen molar-refractivity contribution in [3.63, 3.8) is 0 Å². The summed E-state index contributed by atoms with van der Waals surface area (Å²) >= 11 is 5.97. The summed E-state index contributed by atoms with van der Waals surface area (Å²) < 4.78 is 5.32. The monoisotopic (exact) mass is 360 g/mol. The highest BCUT2D eigenvalue weighted by atomic mass is 35.5. The fourth-order valence-corrected chi connectivity index (χ4v) is 3.06. The number of aliphatic hydroxyl groups excluding tert-OH is 1. The van der Waals surface area contributed by atoms with Crippen LogP contribution in [0.3, 0.4) is 0 Å². The zero-order valence-corrected chi connectivity index (χ0v) is 14.5.